The van der Waals surface area contributed by atoms with Crippen molar-refractivity contribution in [1.29, 1.82) is 0 Å². The minimum atomic E-state index is -0.215. The van der Waals surface area contributed by atoms with Gasteiger partial charge in [0.2, 0.25) is 0 Å². The minimum Gasteiger partial charge on any atom is -0.377 e. The summed E-state index contributed by atoms with van der Waals surface area (Å²) in [6.07, 6.45) is 1.64. The first-order valence-corrected chi connectivity index (χ1v) is 9.16. The molecule has 0 aliphatic heterocycles. The molecule has 0 saturated carbocycles. The van der Waals surface area contributed by atoms with E-state index in [1.807, 2.05) is 74.4 Å². The molecule has 2 aromatic rings. The van der Waals surface area contributed by atoms with Gasteiger partial charge in [-0.1, -0.05) is 24.3 Å². The van der Waals surface area contributed by atoms with E-state index in [2.05, 4.69) is 26.5 Å². The van der Waals surface area contributed by atoms with Gasteiger partial charge in [0.05, 0.1) is 17.2 Å². The van der Waals surface area contributed by atoms with Crippen LogP contribution in [-0.2, 0) is 4.79 Å². The maximum Gasteiger partial charge on any atom is 0.253 e. The molecule has 1 unspecified atom stereocenters. The number of hydrogen-bond donors (Lipinski definition) is 1. The lowest BCUT2D eigenvalue weighted by atomic mass is 10.2. The zero-order chi connectivity index (χ0) is 17.5. The topological polar surface area (TPSA) is 44.7 Å². The second-order valence-electron chi connectivity index (χ2n) is 5.41. The van der Waals surface area contributed by atoms with Crippen molar-refractivity contribution in [1.82, 2.24) is 5.43 Å². The number of carbonyl (C=O) groups excluding carboxylic acids is 1. The van der Waals surface area contributed by atoms with Crippen molar-refractivity contribution in [3.05, 3.63) is 58.6 Å². The highest BCUT2D eigenvalue weighted by Gasteiger charge is 2.13. The lowest BCUT2D eigenvalue weighted by molar-refractivity contribution is -0.120. The Morgan fingerprint density at radius 3 is 2.58 bits per heavy atom. The molecule has 1 amide bonds. The molecule has 4 nitrogen and oxygen atoms in total. The molecule has 2 rings (SSSR count). The highest BCUT2D eigenvalue weighted by molar-refractivity contribution is 9.10. The molecule has 0 aromatic heterocycles. The molecule has 0 saturated heterocycles. The Morgan fingerprint density at radius 1 is 1.25 bits per heavy atom. The number of hydrogen-bond acceptors (Lipinski definition) is 4. The van der Waals surface area contributed by atoms with Crippen molar-refractivity contribution in [2.24, 2.45) is 5.10 Å². The molecular weight excluding hydrogens is 386 g/mol. The molecule has 2 aromatic carbocycles. The predicted octanol–water partition coefficient (Wildman–Crippen LogP) is 4.15. The van der Waals surface area contributed by atoms with Crippen LogP contribution in [0.5, 0.6) is 0 Å². The van der Waals surface area contributed by atoms with Crippen molar-refractivity contribution < 1.29 is 4.79 Å². The monoisotopic (exact) mass is 405 g/mol. The Balaban J connectivity index is 1.91. The molecule has 0 heterocycles. The number of benzene rings is 2. The first-order valence-electron chi connectivity index (χ1n) is 7.49. The molecule has 0 fully saturated rings. The number of anilines is 1. The smallest absolute Gasteiger partial charge is 0.253 e. The summed E-state index contributed by atoms with van der Waals surface area (Å²) in [5.74, 6) is -0.121. The maximum absolute atomic E-state index is 12.1. The van der Waals surface area contributed by atoms with Crippen LogP contribution in [0.3, 0.4) is 0 Å². The first kappa shape index (κ1) is 18.5. The van der Waals surface area contributed by atoms with E-state index in [9.17, 15) is 4.79 Å². The average Bonchev–Trinajstić information content (AvgIpc) is 2.55. The van der Waals surface area contributed by atoms with Crippen LogP contribution in [0.25, 0.3) is 0 Å². The SMILES string of the molecule is CC(Sc1ccccc1)C(=O)NN=Cc1ccc(N(C)C)c(Br)c1. The number of amides is 1. The summed E-state index contributed by atoms with van der Waals surface area (Å²) >= 11 is 5.04. The molecule has 0 spiro atoms. The van der Waals surface area contributed by atoms with E-state index in [-0.39, 0.29) is 11.2 Å². The van der Waals surface area contributed by atoms with E-state index >= 15 is 0 Å². The number of rotatable bonds is 6. The number of nitrogens with one attached hydrogen (secondary N) is 1. The zero-order valence-corrected chi connectivity index (χ0v) is 16.3. The Kier molecular flexibility index (Phi) is 6.87. The fourth-order valence-corrected chi connectivity index (χ4v) is 3.62. The van der Waals surface area contributed by atoms with Gasteiger partial charge in [0.1, 0.15) is 0 Å². The van der Waals surface area contributed by atoms with Crippen LogP contribution >= 0.6 is 27.7 Å². The fourth-order valence-electron chi connectivity index (χ4n) is 1.98. The van der Waals surface area contributed by atoms with Crippen LogP contribution in [0.2, 0.25) is 0 Å². The third-order valence-corrected chi connectivity index (χ3v) is 5.01. The Morgan fingerprint density at radius 2 is 1.96 bits per heavy atom. The van der Waals surface area contributed by atoms with E-state index in [0.29, 0.717) is 0 Å². The van der Waals surface area contributed by atoms with Gasteiger partial charge < -0.3 is 4.90 Å². The third kappa shape index (κ3) is 5.39. The molecule has 0 radical (unpaired) electrons. The van der Waals surface area contributed by atoms with Crippen LogP contribution in [0.15, 0.2) is 63.0 Å². The highest BCUT2D eigenvalue weighted by Crippen LogP contribution is 2.25. The van der Waals surface area contributed by atoms with Gasteiger partial charge in [0.15, 0.2) is 0 Å². The molecule has 1 atom stereocenters. The molecule has 24 heavy (non-hydrogen) atoms. The van der Waals surface area contributed by atoms with Crippen LogP contribution in [-0.4, -0.2) is 31.5 Å². The van der Waals surface area contributed by atoms with Gasteiger partial charge in [-0.3, -0.25) is 4.79 Å². The van der Waals surface area contributed by atoms with Crippen molar-refractivity contribution in [2.75, 3.05) is 19.0 Å². The number of hydrazone groups is 1. The van der Waals surface area contributed by atoms with Crippen molar-refractivity contribution in [3.8, 4) is 0 Å². The predicted molar refractivity (Wildman–Crippen MR) is 106 cm³/mol. The van der Waals surface area contributed by atoms with Gasteiger partial charge in [0.25, 0.3) is 5.91 Å². The van der Waals surface area contributed by atoms with E-state index in [4.69, 9.17) is 0 Å². The second kappa shape index (κ2) is 8.89. The molecule has 0 aliphatic carbocycles. The molecule has 0 aliphatic rings. The fraction of sp³-hybridized carbons (Fsp3) is 0.222. The summed E-state index contributed by atoms with van der Waals surface area (Å²) in [7, 11) is 3.97. The number of thioether (sulfide) groups is 1. The number of nitrogens with zero attached hydrogens (tertiary/aromatic N) is 2. The first-order chi connectivity index (χ1) is 11.5. The maximum atomic E-state index is 12.1. The van der Waals surface area contributed by atoms with Crippen LogP contribution in [0.4, 0.5) is 5.69 Å². The van der Waals surface area contributed by atoms with E-state index < -0.39 is 0 Å². The summed E-state index contributed by atoms with van der Waals surface area (Å²) in [4.78, 5) is 15.2. The van der Waals surface area contributed by atoms with Gasteiger partial charge in [-0.2, -0.15) is 5.10 Å². The molecule has 6 heteroatoms. The van der Waals surface area contributed by atoms with Gasteiger partial charge in [0, 0.05) is 23.5 Å². The summed E-state index contributed by atoms with van der Waals surface area (Å²) in [6.45, 7) is 1.87. The molecular formula is C18H20BrN3OS. The second-order valence-corrected chi connectivity index (χ2v) is 7.68. The molecule has 1 N–H and O–H groups in total. The largest absolute Gasteiger partial charge is 0.377 e. The Hall–Kier alpha value is -1.79. The summed E-state index contributed by atoms with van der Waals surface area (Å²) in [5, 5.41) is 3.83. The van der Waals surface area contributed by atoms with Gasteiger partial charge in [-0.05, 0) is 52.7 Å². The Labute approximate surface area is 155 Å². The Bertz CT molecular complexity index is 719. The normalized spacial score (nSPS) is 12.2. The van der Waals surface area contributed by atoms with E-state index in [0.717, 1.165) is 20.6 Å². The molecule has 126 valence electrons. The summed E-state index contributed by atoms with van der Waals surface area (Å²) in [5.41, 5.74) is 4.59. The van der Waals surface area contributed by atoms with Gasteiger partial charge >= 0.3 is 0 Å². The van der Waals surface area contributed by atoms with Crippen molar-refractivity contribution in [3.63, 3.8) is 0 Å². The van der Waals surface area contributed by atoms with Crippen molar-refractivity contribution in [2.45, 2.75) is 17.1 Å². The average molecular weight is 406 g/mol. The van der Waals surface area contributed by atoms with Crippen LogP contribution < -0.4 is 10.3 Å². The van der Waals surface area contributed by atoms with Crippen molar-refractivity contribution >= 4 is 45.5 Å². The summed E-state index contributed by atoms with van der Waals surface area (Å²) in [6, 6.07) is 15.8. The van der Waals surface area contributed by atoms with Gasteiger partial charge in [-0.25, -0.2) is 5.43 Å². The van der Waals surface area contributed by atoms with E-state index in [1.165, 1.54) is 11.8 Å². The zero-order valence-electron chi connectivity index (χ0n) is 13.9. The lowest BCUT2D eigenvalue weighted by Gasteiger charge is -2.14. The quantitative estimate of drug-likeness (QED) is 0.446. The van der Waals surface area contributed by atoms with E-state index in [1.54, 1.807) is 6.21 Å². The summed E-state index contributed by atoms with van der Waals surface area (Å²) < 4.78 is 0.982. The highest BCUT2D eigenvalue weighted by atomic mass is 79.9. The third-order valence-electron chi connectivity index (χ3n) is 3.27. The molecule has 0 bridgehead atoms. The lowest BCUT2D eigenvalue weighted by Crippen LogP contribution is -2.26. The van der Waals surface area contributed by atoms with Crippen LogP contribution in [0, 0.1) is 0 Å². The van der Waals surface area contributed by atoms with Gasteiger partial charge in [-0.15, -0.1) is 11.8 Å². The number of halogens is 1. The van der Waals surface area contributed by atoms with Crippen LogP contribution in [0.1, 0.15) is 12.5 Å². The minimum absolute atomic E-state index is 0.121. The standard InChI is InChI=1S/C18H20BrN3OS/c1-13(24-15-7-5-4-6-8-15)18(23)21-20-12-14-9-10-17(22(2)3)16(19)11-14/h4-13H,1-3H3,(H,21,23). The number of carbonyl (C=O) groups is 1.